The molecule has 0 bridgehead atoms. The van der Waals surface area contributed by atoms with E-state index in [-0.39, 0.29) is 12.3 Å². The summed E-state index contributed by atoms with van der Waals surface area (Å²) in [5.74, 6) is 2.32. The fourth-order valence-electron chi connectivity index (χ4n) is 3.76. The summed E-state index contributed by atoms with van der Waals surface area (Å²) in [6.07, 6.45) is 2.68. The first-order valence-corrected chi connectivity index (χ1v) is 9.56. The van der Waals surface area contributed by atoms with Gasteiger partial charge in [-0.3, -0.25) is 5.01 Å². The number of hydrazone groups is 1. The van der Waals surface area contributed by atoms with Crippen LogP contribution in [-0.2, 0) is 0 Å². The lowest BCUT2D eigenvalue weighted by Gasteiger charge is -2.38. The maximum Gasteiger partial charge on any atom is 0.187 e. The van der Waals surface area contributed by atoms with Crippen LogP contribution >= 0.6 is 11.6 Å². The number of fused-ring (bicyclic) bond motifs is 3. The van der Waals surface area contributed by atoms with E-state index in [1.54, 1.807) is 14.2 Å². The van der Waals surface area contributed by atoms with E-state index in [1.165, 1.54) is 0 Å². The van der Waals surface area contributed by atoms with E-state index in [0.29, 0.717) is 16.5 Å². The minimum atomic E-state index is -0.0636. The first kappa shape index (κ1) is 18.0. The number of ether oxygens (including phenoxy) is 3. The molecule has 2 aliphatic heterocycles. The van der Waals surface area contributed by atoms with Gasteiger partial charge in [-0.1, -0.05) is 24.9 Å². The monoisotopic (exact) mass is 386 g/mol. The van der Waals surface area contributed by atoms with E-state index in [0.717, 1.165) is 41.9 Å². The molecule has 2 aromatic carbocycles. The first-order chi connectivity index (χ1) is 13.1. The van der Waals surface area contributed by atoms with Gasteiger partial charge in [-0.2, -0.15) is 5.10 Å². The highest BCUT2D eigenvalue weighted by Gasteiger charge is 2.40. The maximum atomic E-state index is 6.25. The van der Waals surface area contributed by atoms with Gasteiger partial charge in [0.2, 0.25) is 0 Å². The molecule has 5 nitrogen and oxygen atoms in total. The van der Waals surface area contributed by atoms with Gasteiger partial charge in [-0.25, -0.2) is 0 Å². The van der Waals surface area contributed by atoms with Crippen LogP contribution < -0.4 is 14.2 Å². The molecule has 0 unspecified atom stereocenters. The average molecular weight is 387 g/mol. The third kappa shape index (κ3) is 3.21. The fraction of sp³-hybridized carbons (Fsp3) is 0.381. The zero-order valence-electron chi connectivity index (χ0n) is 15.7. The predicted octanol–water partition coefficient (Wildman–Crippen LogP) is 5.03. The number of nitrogens with zero attached hydrogens (tertiary/aromatic N) is 2. The van der Waals surface area contributed by atoms with Gasteiger partial charge in [0.05, 0.1) is 26.0 Å². The summed E-state index contributed by atoms with van der Waals surface area (Å²) in [4.78, 5) is 0. The van der Waals surface area contributed by atoms with Gasteiger partial charge in [0, 0.05) is 29.0 Å². The zero-order chi connectivity index (χ0) is 19.0. The molecule has 6 heteroatoms. The third-order valence-electron chi connectivity index (χ3n) is 5.08. The Morgan fingerprint density at radius 2 is 1.96 bits per heavy atom. The highest BCUT2D eigenvalue weighted by Crippen LogP contribution is 2.45. The predicted molar refractivity (Wildman–Crippen MR) is 106 cm³/mol. The molecule has 2 heterocycles. The van der Waals surface area contributed by atoms with Crippen molar-refractivity contribution in [1.29, 1.82) is 0 Å². The highest BCUT2D eigenvalue weighted by molar-refractivity contribution is 6.30. The Morgan fingerprint density at radius 1 is 1.15 bits per heavy atom. The quantitative estimate of drug-likeness (QED) is 0.723. The van der Waals surface area contributed by atoms with Crippen LogP contribution in [0.3, 0.4) is 0 Å². The highest BCUT2D eigenvalue weighted by atomic mass is 35.5. The van der Waals surface area contributed by atoms with Crippen molar-refractivity contribution in [3.63, 3.8) is 0 Å². The summed E-state index contributed by atoms with van der Waals surface area (Å²) >= 11 is 6.25. The van der Waals surface area contributed by atoms with Crippen molar-refractivity contribution in [3.05, 3.63) is 52.5 Å². The lowest BCUT2D eigenvalue weighted by molar-refractivity contribution is -0.0223. The lowest BCUT2D eigenvalue weighted by atomic mass is 9.96. The van der Waals surface area contributed by atoms with Gasteiger partial charge in [0.1, 0.15) is 5.75 Å². The summed E-state index contributed by atoms with van der Waals surface area (Å²) in [6, 6.07) is 11.9. The molecular weight excluding hydrogens is 364 g/mol. The number of benzene rings is 2. The topological polar surface area (TPSA) is 43.3 Å². The van der Waals surface area contributed by atoms with E-state index in [2.05, 4.69) is 11.9 Å². The third-order valence-corrected chi connectivity index (χ3v) is 5.32. The van der Waals surface area contributed by atoms with Crippen LogP contribution in [0.2, 0.25) is 5.02 Å². The molecular formula is C21H23ClN2O3. The molecule has 2 aliphatic rings. The summed E-state index contributed by atoms with van der Waals surface area (Å²) in [5, 5.41) is 7.73. The molecule has 0 N–H and O–H groups in total. The minimum absolute atomic E-state index is 0.0636. The van der Waals surface area contributed by atoms with E-state index < -0.39 is 0 Å². The van der Waals surface area contributed by atoms with Crippen molar-refractivity contribution in [2.24, 2.45) is 5.10 Å². The standard InChI is InChI=1S/C21H23ClN2O3/c1-4-5-21-24-17(15-11-14(22)7-9-18(15)27-21)12-16(23-24)13-6-8-19(25-2)20(10-13)26-3/h6-11,17,21H,4-5,12H2,1-3H3/t17-,21+/m1/s1. The van der Waals surface area contributed by atoms with Crippen LogP contribution in [0.15, 0.2) is 41.5 Å². The Hall–Kier alpha value is -2.40. The summed E-state index contributed by atoms with van der Waals surface area (Å²) in [5.41, 5.74) is 3.13. The average Bonchev–Trinajstić information content (AvgIpc) is 3.14. The van der Waals surface area contributed by atoms with E-state index in [4.69, 9.17) is 30.9 Å². The molecule has 2 atom stereocenters. The molecule has 0 spiro atoms. The van der Waals surface area contributed by atoms with Gasteiger partial charge in [-0.05, 0) is 36.4 Å². The van der Waals surface area contributed by atoms with Gasteiger partial charge in [0.15, 0.2) is 17.7 Å². The Bertz CT molecular complexity index is 884. The minimum Gasteiger partial charge on any atom is -0.493 e. The second kappa shape index (κ2) is 7.31. The molecule has 142 valence electrons. The molecule has 0 radical (unpaired) electrons. The normalized spacial score (nSPS) is 20.4. The Morgan fingerprint density at radius 3 is 2.70 bits per heavy atom. The van der Waals surface area contributed by atoms with Gasteiger partial charge in [-0.15, -0.1) is 0 Å². The molecule has 0 saturated carbocycles. The first-order valence-electron chi connectivity index (χ1n) is 9.19. The molecule has 2 aromatic rings. The van der Waals surface area contributed by atoms with Crippen LogP contribution in [0.4, 0.5) is 0 Å². The molecule has 0 aromatic heterocycles. The van der Waals surface area contributed by atoms with Crippen molar-refractivity contribution >= 4 is 17.3 Å². The van der Waals surface area contributed by atoms with Gasteiger partial charge < -0.3 is 14.2 Å². The number of hydrogen-bond donors (Lipinski definition) is 0. The van der Waals surface area contributed by atoms with Gasteiger partial charge in [0.25, 0.3) is 0 Å². The Labute approximate surface area is 164 Å². The van der Waals surface area contributed by atoms with Crippen molar-refractivity contribution < 1.29 is 14.2 Å². The van der Waals surface area contributed by atoms with Crippen LogP contribution in [0, 0.1) is 0 Å². The summed E-state index contributed by atoms with van der Waals surface area (Å²) in [7, 11) is 3.28. The Kier molecular flexibility index (Phi) is 4.87. The van der Waals surface area contributed by atoms with Crippen molar-refractivity contribution in [2.45, 2.75) is 38.5 Å². The molecule has 0 fully saturated rings. The van der Waals surface area contributed by atoms with E-state index >= 15 is 0 Å². The number of halogens is 1. The van der Waals surface area contributed by atoms with Crippen LogP contribution in [0.25, 0.3) is 0 Å². The molecule has 4 rings (SSSR count). The lowest BCUT2D eigenvalue weighted by Crippen LogP contribution is -2.40. The second-order valence-corrected chi connectivity index (χ2v) is 7.20. The largest absolute Gasteiger partial charge is 0.493 e. The second-order valence-electron chi connectivity index (χ2n) is 6.76. The molecule has 0 amide bonds. The number of methoxy groups -OCH3 is 2. The SMILES string of the molecule is CCC[C@@H]1Oc2ccc(Cl)cc2[C@H]2CC(c3ccc(OC)c(OC)c3)=NN12. The van der Waals surface area contributed by atoms with Crippen LogP contribution in [0.1, 0.15) is 43.4 Å². The van der Waals surface area contributed by atoms with Crippen molar-refractivity contribution in [1.82, 2.24) is 5.01 Å². The Balaban J connectivity index is 1.71. The fourth-order valence-corrected chi connectivity index (χ4v) is 3.94. The number of rotatable bonds is 5. The van der Waals surface area contributed by atoms with E-state index in [9.17, 15) is 0 Å². The van der Waals surface area contributed by atoms with Crippen LogP contribution in [0.5, 0.6) is 17.2 Å². The van der Waals surface area contributed by atoms with Gasteiger partial charge >= 0.3 is 0 Å². The molecule has 0 saturated heterocycles. The van der Waals surface area contributed by atoms with Crippen molar-refractivity contribution in [2.75, 3.05) is 14.2 Å². The van der Waals surface area contributed by atoms with Crippen LogP contribution in [-0.4, -0.2) is 31.2 Å². The molecule has 0 aliphatic carbocycles. The maximum absolute atomic E-state index is 6.25. The molecule has 27 heavy (non-hydrogen) atoms. The summed E-state index contributed by atoms with van der Waals surface area (Å²) in [6.45, 7) is 2.16. The smallest absolute Gasteiger partial charge is 0.187 e. The zero-order valence-corrected chi connectivity index (χ0v) is 16.5. The van der Waals surface area contributed by atoms with E-state index in [1.807, 2.05) is 36.4 Å². The summed E-state index contributed by atoms with van der Waals surface area (Å²) < 4.78 is 17.0. The number of hydrogen-bond acceptors (Lipinski definition) is 5. The van der Waals surface area contributed by atoms with Crippen molar-refractivity contribution in [3.8, 4) is 17.2 Å².